The third-order valence-corrected chi connectivity index (χ3v) is 9.69. The van der Waals surface area contributed by atoms with Gasteiger partial charge in [-0.3, -0.25) is 4.43 Å². The van der Waals surface area contributed by atoms with Crippen LogP contribution in [0.15, 0.2) is 30.3 Å². The Morgan fingerprint density at radius 3 is 1.65 bits per heavy atom. The van der Waals surface area contributed by atoms with Gasteiger partial charge in [0.25, 0.3) is 0 Å². The Morgan fingerprint density at radius 1 is 0.765 bits per heavy atom. The van der Waals surface area contributed by atoms with Crippen molar-refractivity contribution in [1.29, 1.82) is 0 Å². The average molecular weight is 549 g/mol. The summed E-state index contributed by atoms with van der Waals surface area (Å²) >= 11 is 0. The molecular weight excluding hydrogens is 520 g/mol. The van der Waals surface area contributed by atoms with Gasteiger partial charge in [0.15, 0.2) is 0 Å². The second kappa shape index (κ2) is 15.1. The molecule has 0 saturated carbocycles. The minimum atomic E-state index is -5.09. The van der Waals surface area contributed by atoms with E-state index in [0.29, 0.717) is 6.42 Å². The summed E-state index contributed by atoms with van der Waals surface area (Å²) in [6.07, 6.45) is -9.66. The lowest BCUT2D eigenvalue weighted by Crippen LogP contribution is -2.49. The van der Waals surface area contributed by atoms with Gasteiger partial charge in [-0.25, -0.2) is 0 Å². The van der Waals surface area contributed by atoms with Gasteiger partial charge in [0.1, 0.15) is 0 Å². The topological polar surface area (TPSA) is 55.4 Å². The third kappa shape index (κ3) is 14.3. The van der Waals surface area contributed by atoms with Gasteiger partial charge in [0.05, 0.1) is 0 Å². The lowest BCUT2D eigenvalue weighted by molar-refractivity contribution is -0.302. The summed E-state index contributed by atoms with van der Waals surface area (Å²) in [7, 11) is -2.80. The molecule has 0 aliphatic rings. The fourth-order valence-electron chi connectivity index (χ4n) is 2.64. The quantitative estimate of drug-likeness (QED) is 0.230. The minimum absolute atomic E-state index is 0.173. The predicted octanol–water partition coefficient (Wildman–Crippen LogP) is 5.80. The zero-order chi connectivity index (χ0) is 26.5. The van der Waals surface area contributed by atoms with E-state index in [4.69, 9.17) is 13.3 Å². The predicted molar refractivity (Wildman–Crippen MR) is 109 cm³/mol. The van der Waals surface area contributed by atoms with Crippen molar-refractivity contribution in [2.45, 2.75) is 50.5 Å². The van der Waals surface area contributed by atoms with E-state index in [1.807, 2.05) is 0 Å². The Balaban J connectivity index is 0.000000722. The van der Waals surface area contributed by atoms with Crippen molar-refractivity contribution in [2.24, 2.45) is 0 Å². The molecule has 1 rings (SSSR count). The maximum atomic E-state index is 12.3. The Hall–Kier alpha value is -1.15. The lowest BCUT2D eigenvalue weighted by Gasteiger charge is -2.28. The fourth-order valence-corrected chi connectivity index (χ4v) is 6.23. The van der Waals surface area contributed by atoms with Crippen molar-refractivity contribution in [3.8, 4) is 0 Å². The van der Waals surface area contributed by atoms with Crippen molar-refractivity contribution in [1.82, 2.24) is 0 Å². The highest BCUT2D eigenvalue weighted by atomic mass is 28.4. The minimum Gasteiger partial charge on any atom is -0.377 e. The van der Waals surface area contributed by atoms with Crippen LogP contribution in [0.3, 0.4) is 0 Å². The molecule has 0 radical (unpaired) electrons. The molecular formula is C18H28F8O6Si2. The van der Waals surface area contributed by atoms with E-state index >= 15 is 0 Å². The SMILES string of the molecule is CO[Si](CCC(F)(F)F)(OC)OC.CO[Si](CCCc1ccccc1)(OC(F)F)OC(F)(F)F. The number of hydrogen-bond donors (Lipinski definition) is 0. The molecule has 16 heteroatoms. The van der Waals surface area contributed by atoms with E-state index in [0.717, 1.165) is 12.7 Å². The van der Waals surface area contributed by atoms with E-state index in [-0.39, 0.29) is 18.5 Å². The van der Waals surface area contributed by atoms with Crippen LogP contribution in [0.5, 0.6) is 0 Å². The van der Waals surface area contributed by atoms with Crippen LogP contribution in [0.2, 0.25) is 12.1 Å². The van der Waals surface area contributed by atoms with Crippen LogP contribution in [0.25, 0.3) is 0 Å². The van der Waals surface area contributed by atoms with Crippen LogP contribution >= 0.6 is 0 Å². The van der Waals surface area contributed by atoms with Crippen LogP contribution in [-0.2, 0) is 33.0 Å². The van der Waals surface area contributed by atoms with E-state index in [9.17, 15) is 35.1 Å². The van der Waals surface area contributed by atoms with Crippen LogP contribution in [-0.4, -0.2) is 65.2 Å². The molecule has 0 fully saturated rings. The second-order valence-corrected chi connectivity index (χ2v) is 12.4. The Bertz CT molecular complexity index is 654. The summed E-state index contributed by atoms with van der Waals surface area (Å²) in [5.41, 5.74) is 0.876. The maximum absolute atomic E-state index is 12.3. The summed E-state index contributed by atoms with van der Waals surface area (Å²) in [5, 5.41) is 0. The van der Waals surface area contributed by atoms with E-state index in [2.05, 4.69) is 13.3 Å². The molecule has 1 unspecified atom stereocenters. The van der Waals surface area contributed by atoms with Crippen LogP contribution in [0, 0.1) is 0 Å². The molecule has 6 nitrogen and oxygen atoms in total. The molecule has 0 aliphatic carbocycles. The molecule has 1 atom stereocenters. The molecule has 0 spiro atoms. The third-order valence-electron chi connectivity index (χ3n) is 4.29. The van der Waals surface area contributed by atoms with Gasteiger partial charge in [-0.05, 0) is 18.4 Å². The molecule has 200 valence electrons. The number of alkyl halides is 8. The maximum Gasteiger partial charge on any atom is 0.516 e. The Labute approximate surface area is 194 Å². The smallest absolute Gasteiger partial charge is 0.377 e. The zero-order valence-corrected chi connectivity index (χ0v) is 21.0. The first-order chi connectivity index (χ1) is 15.7. The molecule has 34 heavy (non-hydrogen) atoms. The molecule has 0 N–H and O–H groups in total. The largest absolute Gasteiger partial charge is 0.516 e. The summed E-state index contributed by atoms with van der Waals surface area (Å²) in [6.45, 7) is -3.39. The van der Waals surface area contributed by atoms with Gasteiger partial charge in [0, 0.05) is 46.9 Å². The van der Waals surface area contributed by atoms with Gasteiger partial charge in [-0.2, -0.15) is 22.0 Å². The first-order valence-electron chi connectivity index (χ1n) is 9.69. The number of rotatable bonds is 13. The van der Waals surface area contributed by atoms with E-state index in [1.54, 1.807) is 30.3 Å². The van der Waals surface area contributed by atoms with Crippen molar-refractivity contribution in [2.75, 3.05) is 28.4 Å². The molecule has 0 saturated heterocycles. The Morgan fingerprint density at radius 2 is 1.26 bits per heavy atom. The first kappa shape index (κ1) is 32.9. The molecule has 1 aromatic carbocycles. The van der Waals surface area contributed by atoms with Gasteiger partial charge in [-0.15, -0.1) is 13.2 Å². The zero-order valence-electron chi connectivity index (χ0n) is 19.0. The second-order valence-electron chi connectivity index (χ2n) is 6.56. The van der Waals surface area contributed by atoms with E-state index < -0.39 is 43.2 Å². The van der Waals surface area contributed by atoms with Crippen LogP contribution < -0.4 is 0 Å². The molecule has 0 bridgehead atoms. The van der Waals surface area contributed by atoms with Crippen LogP contribution in [0.1, 0.15) is 18.4 Å². The average Bonchev–Trinajstić information content (AvgIpc) is 2.74. The summed E-state index contributed by atoms with van der Waals surface area (Å²) in [4.78, 5) is 0. The van der Waals surface area contributed by atoms with Gasteiger partial charge in [0.2, 0.25) is 0 Å². The number of hydrogen-bond acceptors (Lipinski definition) is 6. The molecule has 0 heterocycles. The lowest BCUT2D eigenvalue weighted by atomic mass is 10.1. The number of aryl methyl sites for hydroxylation is 1. The molecule has 1 aromatic rings. The summed E-state index contributed by atoms with van der Waals surface area (Å²) < 4.78 is 124. The normalized spacial score (nSPS) is 14.5. The van der Waals surface area contributed by atoms with Gasteiger partial charge in [-0.1, -0.05) is 30.3 Å². The van der Waals surface area contributed by atoms with Crippen molar-refractivity contribution >= 4 is 17.6 Å². The molecule has 0 aromatic heterocycles. The van der Waals surface area contributed by atoms with E-state index in [1.165, 1.54) is 21.3 Å². The highest BCUT2D eigenvalue weighted by molar-refractivity contribution is 6.61. The molecule has 0 amide bonds. The molecule has 0 aliphatic heterocycles. The van der Waals surface area contributed by atoms with Gasteiger partial charge >= 0.3 is 36.8 Å². The summed E-state index contributed by atoms with van der Waals surface area (Å²) in [6, 6.07) is 8.31. The number of halogens is 8. The first-order valence-corrected chi connectivity index (χ1v) is 13.6. The highest BCUT2D eigenvalue weighted by Crippen LogP contribution is 2.30. The van der Waals surface area contributed by atoms with Crippen LogP contribution in [0.4, 0.5) is 35.1 Å². The Kier molecular flexibility index (Phi) is 14.6. The fraction of sp³-hybridized carbons (Fsp3) is 0.667. The van der Waals surface area contributed by atoms with Crippen molar-refractivity contribution in [3.63, 3.8) is 0 Å². The van der Waals surface area contributed by atoms with Crippen molar-refractivity contribution < 1.29 is 61.7 Å². The standard InChI is InChI=1S/C12H15F5O3Si.C6H13F3O3Si/c1-18-21(19-11(13)14,20-12(15,16)17)9-5-8-10-6-3-2-4-7-10;1-10-13(11-2,12-3)5-4-6(7,8)9/h2-4,6-7,11H,5,8-9H2,1H3;4-5H2,1-3H3. The summed E-state index contributed by atoms with van der Waals surface area (Å²) in [5.74, 6) is 0. The highest BCUT2D eigenvalue weighted by Gasteiger charge is 2.51. The number of benzene rings is 1. The van der Waals surface area contributed by atoms with Gasteiger partial charge < -0.3 is 22.1 Å². The van der Waals surface area contributed by atoms with Crippen molar-refractivity contribution in [3.05, 3.63) is 35.9 Å². The monoisotopic (exact) mass is 548 g/mol.